The lowest BCUT2D eigenvalue weighted by Crippen LogP contribution is -2.42. The number of oxazole rings is 1. The number of anilines is 1. The number of benzene rings is 1. The van der Waals surface area contributed by atoms with Crippen molar-refractivity contribution in [1.82, 2.24) is 9.97 Å². The van der Waals surface area contributed by atoms with E-state index in [1.54, 1.807) is 12.4 Å². The minimum Gasteiger partial charge on any atom is -0.481 e. The summed E-state index contributed by atoms with van der Waals surface area (Å²) in [7, 11) is 0. The SMILES string of the molecule is C[C@@H]1CN(c2c(Cl)cnc3cc(-c4ncco4)ccc23)CC[C@@H]1C(=O)O. The number of carboxylic acid groups (broad SMARTS) is 1. The Morgan fingerprint density at radius 2 is 2.23 bits per heavy atom. The van der Waals surface area contributed by atoms with Crippen LogP contribution in [0.1, 0.15) is 13.3 Å². The number of aromatic nitrogens is 2. The summed E-state index contributed by atoms with van der Waals surface area (Å²) in [6, 6.07) is 5.83. The summed E-state index contributed by atoms with van der Waals surface area (Å²) in [5.74, 6) is -0.443. The van der Waals surface area contributed by atoms with E-state index in [0.717, 1.165) is 22.2 Å². The fourth-order valence-corrected chi connectivity index (χ4v) is 3.96. The number of hydrogen-bond acceptors (Lipinski definition) is 5. The summed E-state index contributed by atoms with van der Waals surface area (Å²) in [5.41, 5.74) is 2.56. The summed E-state index contributed by atoms with van der Waals surface area (Å²) < 4.78 is 5.36. The maximum atomic E-state index is 11.4. The van der Waals surface area contributed by atoms with Crippen molar-refractivity contribution in [1.29, 1.82) is 0 Å². The molecule has 1 aliphatic heterocycles. The minimum atomic E-state index is -0.724. The van der Waals surface area contributed by atoms with Crippen molar-refractivity contribution in [2.45, 2.75) is 13.3 Å². The van der Waals surface area contributed by atoms with Gasteiger partial charge in [-0.3, -0.25) is 9.78 Å². The molecule has 0 saturated carbocycles. The quantitative estimate of drug-likeness (QED) is 0.747. The van der Waals surface area contributed by atoms with Gasteiger partial charge in [0.1, 0.15) is 6.26 Å². The van der Waals surface area contributed by atoms with Crippen molar-refractivity contribution in [3.63, 3.8) is 0 Å². The van der Waals surface area contributed by atoms with E-state index in [1.165, 1.54) is 6.26 Å². The number of nitrogens with zero attached hydrogens (tertiary/aromatic N) is 3. The minimum absolute atomic E-state index is 0.0483. The molecule has 1 aliphatic rings. The van der Waals surface area contributed by atoms with Gasteiger partial charge in [0.05, 0.1) is 28.3 Å². The van der Waals surface area contributed by atoms with Crippen LogP contribution in [0, 0.1) is 11.8 Å². The number of carboxylic acids is 1. The second kappa shape index (κ2) is 6.61. The Labute approximate surface area is 155 Å². The van der Waals surface area contributed by atoms with Crippen LogP contribution in [0.5, 0.6) is 0 Å². The van der Waals surface area contributed by atoms with Crippen LogP contribution in [-0.4, -0.2) is 34.1 Å². The fourth-order valence-electron chi connectivity index (χ4n) is 3.69. The lowest BCUT2D eigenvalue weighted by molar-refractivity contribution is -0.144. The van der Waals surface area contributed by atoms with E-state index in [1.807, 2.05) is 25.1 Å². The second-order valence-electron chi connectivity index (χ2n) is 6.68. The van der Waals surface area contributed by atoms with Crippen molar-refractivity contribution in [3.05, 3.63) is 41.9 Å². The highest BCUT2D eigenvalue weighted by atomic mass is 35.5. The van der Waals surface area contributed by atoms with E-state index in [9.17, 15) is 9.90 Å². The zero-order valence-corrected chi connectivity index (χ0v) is 15.0. The highest BCUT2D eigenvalue weighted by molar-refractivity contribution is 6.34. The second-order valence-corrected chi connectivity index (χ2v) is 7.09. The van der Waals surface area contributed by atoms with Gasteiger partial charge in [0.25, 0.3) is 0 Å². The molecule has 4 rings (SSSR count). The number of piperidine rings is 1. The smallest absolute Gasteiger partial charge is 0.306 e. The molecule has 1 aromatic carbocycles. The molecule has 2 aromatic heterocycles. The van der Waals surface area contributed by atoms with Gasteiger partial charge in [-0.2, -0.15) is 0 Å². The van der Waals surface area contributed by atoms with Gasteiger partial charge < -0.3 is 14.4 Å². The molecule has 1 saturated heterocycles. The van der Waals surface area contributed by atoms with Crippen molar-refractivity contribution in [2.75, 3.05) is 18.0 Å². The summed E-state index contributed by atoms with van der Waals surface area (Å²) >= 11 is 6.47. The van der Waals surface area contributed by atoms with E-state index < -0.39 is 5.97 Å². The van der Waals surface area contributed by atoms with Crippen LogP contribution in [0.15, 0.2) is 41.3 Å². The molecule has 2 atom stereocenters. The molecular formula is C19H18ClN3O3. The first-order chi connectivity index (χ1) is 12.5. The summed E-state index contributed by atoms with van der Waals surface area (Å²) in [4.78, 5) is 22.2. The topological polar surface area (TPSA) is 79.5 Å². The van der Waals surface area contributed by atoms with E-state index in [-0.39, 0.29) is 11.8 Å². The lowest BCUT2D eigenvalue weighted by atomic mass is 9.86. The van der Waals surface area contributed by atoms with Crippen molar-refractivity contribution in [3.8, 4) is 11.5 Å². The fraction of sp³-hybridized carbons (Fsp3) is 0.316. The van der Waals surface area contributed by atoms with Gasteiger partial charge in [-0.25, -0.2) is 4.98 Å². The molecule has 3 aromatic rings. The first-order valence-electron chi connectivity index (χ1n) is 8.50. The monoisotopic (exact) mass is 371 g/mol. The molecule has 0 amide bonds. The van der Waals surface area contributed by atoms with Crippen molar-refractivity contribution >= 4 is 34.2 Å². The van der Waals surface area contributed by atoms with Gasteiger partial charge in [-0.1, -0.05) is 18.5 Å². The number of pyridine rings is 1. The molecule has 0 radical (unpaired) electrons. The van der Waals surface area contributed by atoms with Crippen LogP contribution in [0.4, 0.5) is 5.69 Å². The molecular weight excluding hydrogens is 354 g/mol. The maximum Gasteiger partial charge on any atom is 0.306 e. The van der Waals surface area contributed by atoms with Crippen LogP contribution >= 0.6 is 11.6 Å². The van der Waals surface area contributed by atoms with E-state index in [4.69, 9.17) is 16.0 Å². The zero-order chi connectivity index (χ0) is 18.3. The van der Waals surface area contributed by atoms with Gasteiger partial charge in [0, 0.05) is 30.2 Å². The standard InChI is InChI=1S/C19H18ClN3O3/c1-11-10-23(6-4-13(11)19(24)25)17-14-3-2-12(18-21-5-7-26-18)8-16(14)22-9-15(17)20/h2-3,5,7-9,11,13H,4,6,10H2,1H3,(H,24,25)/t11-,13+/m1/s1. The predicted molar refractivity (Wildman–Crippen MR) is 99.4 cm³/mol. The number of halogens is 1. The number of fused-ring (bicyclic) bond motifs is 1. The van der Waals surface area contributed by atoms with Crippen molar-refractivity contribution < 1.29 is 14.3 Å². The average molecular weight is 372 g/mol. The third-order valence-corrected chi connectivity index (χ3v) is 5.29. The number of aliphatic carboxylic acids is 1. The van der Waals surface area contributed by atoms with E-state index >= 15 is 0 Å². The van der Waals surface area contributed by atoms with Crippen molar-refractivity contribution in [2.24, 2.45) is 11.8 Å². The third kappa shape index (κ3) is 2.90. The number of hydrogen-bond donors (Lipinski definition) is 1. The Kier molecular flexibility index (Phi) is 4.28. The molecule has 134 valence electrons. The molecule has 0 spiro atoms. The Morgan fingerprint density at radius 1 is 1.38 bits per heavy atom. The third-order valence-electron chi connectivity index (χ3n) is 5.01. The van der Waals surface area contributed by atoms with Gasteiger partial charge in [0.15, 0.2) is 0 Å². The largest absolute Gasteiger partial charge is 0.481 e. The van der Waals surface area contributed by atoms with Crippen LogP contribution in [-0.2, 0) is 4.79 Å². The first kappa shape index (κ1) is 16.8. The molecule has 26 heavy (non-hydrogen) atoms. The number of carbonyl (C=O) groups is 1. The Hall–Kier alpha value is -2.60. The van der Waals surface area contributed by atoms with Gasteiger partial charge >= 0.3 is 5.97 Å². The van der Waals surface area contributed by atoms with Crippen LogP contribution in [0.3, 0.4) is 0 Å². The summed E-state index contributed by atoms with van der Waals surface area (Å²) in [6.45, 7) is 3.28. The van der Waals surface area contributed by atoms with E-state index in [0.29, 0.717) is 30.4 Å². The highest BCUT2D eigenvalue weighted by Gasteiger charge is 2.32. The van der Waals surface area contributed by atoms with Gasteiger partial charge in [-0.15, -0.1) is 0 Å². The van der Waals surface area contributed by atoms with Crippen LogP contribution in [0.25, 0.3) is 22.4 Å². The molecule has 1 N–H and O–H groups in total. The normalized spacial score (nSPS) is 20.5. The van der Waals surface area contributed by atoms with Crippen LogP contribution in [0.2, 0.25) is 5.02 Å². The lowest BCUT2D eigenvalue weighted by Gasteiger charge is -2.37. The zero-order valence-electron chi connectivity index (χ0n) is 14.2. The summed E-state index contributed by atoms with van der Waals surface area (Å²) in [5, 5.41) is 10.9. The molecule has 6 nitrogen and oxygen atoms in total. The average Bonchev–Trinajstić information content (AvgIpc) is 3.15. The molecule has 1 fully saturated rings. The molecule has 0 bridgehead atoms. The highest BCUT2D eigenvalue weighted by Crippen LogP contribution is 2.37. The molecule has 3 heterocycles. The van der Waals surface area contributed by atoms with Crippen LogP contribution < -0.4 is 4.90 Å². The van der Waals surface area contributed by atoms with Gasteiger partial charge in [0.2, 0.25) is 5.89 Å². The Bertz CT molecular complexity index is 958. The predicted octanol–water partition coefficient (Wildman–Crippen LogP) is 4.09. The maximum absolute atomic E-state index is 11.4. The van der Waals surface area contributed by atoms with E-state index in [2.05, 4.69) is 14.9 Å². The molecule has 0 aliphatic carbocycles. The molecule has 7 heteroatoms. The Morgan fingerprint density at radius 3 is 2.92 bits per heavy atom. The summed E-state index contributed by atoms with van der Waals surface area (Å²) in [6.07, 6.45) is 5.39. The first-order valence-corrected chi connectivity index (χ1v) is 8.88. The van der Waals surface area contributed by atoms with Gasteiger partial charge in [-0.05, 0) is 30.5 Å². The molecule has 0 unspecified atom stereocenters. The number of rotatable bonds is 3. The Balaban J connectivity index is 1.73.